The van der Waals surface area contributed by atoms with Crippen molar-refractivity contribution in [1.82, 2.24) is 9.97 Å². The normalized spacial score (nSPS) is 13.7. The van der Waals surface area contributed by atoms with Crippen LogP contribution in [0.4, 0.5) is 11.6 Å². The van der Waals surface area contributed by atoms with Crippen LogP contribution < -0.4 is 4.90 Å². The number of hydrogen-bond acceptors (Lipinski definition) is 2. The van der Waals surface area contributed by atoms with Gasteiger partial charge in [0.15, 0.2) is 0 Å². The summed E-state index contributed by atoms with van der Waals surface area (Å²) in [4.78, 5) is 10.2. The minimum absolute atomic E-state index is 0.893. The molecule has 100 valence electrons. The number of fused-ring (bicyclic) bond motifs is 2. The summed E-state index contributed by atoms with van der Waals surface area (Å²) in [7, 11) is 2.06. The number of para-hydroxylation sites is 2. The van der Waals surface area contributed by atoms with Gasteiger partial charge >= 0.3 is 0 Å². The summed E-state index contributed by atoms with van der Waals surface area (Å²) in [5, 5.41) is 0. The third kappa shape index (κ3) is 1.78. The summed E-state index contributed by atoms with van der Waals surface area (Å²) in [6, 6.07) is 14.9. The van der Waals surface area contributed by atoms with Crippen LogP contribution in [0.15, 0.2) is 42.5 Å². The van der Waals surface area contributed by atoms with E-state index in [2.05, 4.69) is 46.2 Å². The Morgan fingerprint density at radius 1 is 1.05 bits per heavy atom. The van der Waals surface area contributed by atoms with E-state index in [-0.39, 0.29) is 0 Å². The zero-order valence-electron chi connectivity index (χ0n) is 11.6. The van der Waals surface area contributed by atoms with E-state index < -0.39 is 0 Å². The molecule has 1 aliphatic carbocycles. The molecule has 0 spiro atoms. The topological polar surface area (TPSA) is 31.9 Å². The first-order chi connectivity index (χ1) is 9.81. The summed E-state index contributed by atoms with van der Waals surface area (Å²) in [5.41, 5.74) is 6.29. The monoisotopic (exact) mass is 263 g/mol. The number of rotatable bonds is 2. The van der Waals surface area contributed by atoms with Crippen LogP contribution in [0, 0.1) is 0 Å². The molecular weight excluding hydrogens is 246 g/mol. The van der Waals surface area contributed by atoms with Crippen LogP contribution in [0.3, 0.4) is 0 Å². The minimum atomic E-state index is 0.893. The van der Waals surface area contributed by atoms with Crippen molar-refractivity contribution in [2.24, 2.45) is 0 Å². The first-order valence-corrected chi connectivity index (χ1v) is 7.11. The second-order valence-electron chi connectivity index (χ2n) is 5.44. The second-order valence-corrected chi connectivity index (χ2v) is 5.44. The molecule has 1 heterocycles. The molecule has 3 aromatic rings. The SMILES string of the molecule is CN(c1ccc2c(c1)CCC2)c1nc2ccccc2[nH]1. The molecule has 0 fully saturated rings. The maximum atomic E-state index is 4.65. The van der Waals surface area contributed by atoms with E-state index in [0.717, 1.165) is 17.0 Å². The molecule has 0 saturated heterocycles. The number of imidazole rings is 1. The van der Waals surface area contributed by atoms with Crippen LogP contribution in [0.25, 0.3) is 11.0 Å². The average molecular weight is 263 g/mol. The molecule has 4 rings (SSSR count). The van der Waals surface area contributed by atoms with Crippen LogP contribution in [-0.4, -0.2) is 17.0 Å². The molecule has 1 aliphatic rings. The summed E-state index contributed by atoms with van der Waals surface area (Å²) in [6.45, 7) is 0. The molecule has 0 radical (unpaired) electrons. The molecule has 0 atom stereocenters. The van der Waals surface area contributed by atoms with E-state index in [1.165, 1.54) is 36.1 Å². The van der Waals surface area contributed by atoms with Crippen molar-refractivity contribution < 1.29 is 0 Å². The quantitative estimate of drug-likeness (QED) is 0.762. The zero-order chi connectivity index (χ0) is 13.5. The Morgan fingerprint density at radius 3 is 2.80 bits per heavy atom. The lowest BCUT2D eigenvalue weighted by Gasteiger charge is -2.17. The largest absolute Gasteiger partial charge is 0.324 e. The van der Waals surface area contributed by atoms with Crippen molar-refractivity contribution in [3.63, 3.8) is 0 Å². The van der Waals surface area contributed by atoms with Gasteiger partial charge < -0.3 is 9.88 Å². The fraction of sp³-hybridized carbons (Fsp3) is 0.235. The van der Waals surface area contributed by atoms with Crippen molar-refractivity contribution in [2.75, 3.05) is 11.9 Å². The Kier molecular flexibility index (Phi) is 2.52. The van der Waals surface area contributed by atoms with Crippen molar-refractivity contribution in [3.05, 3.63) is 53.6 Å². The first-order valence-electron chi connectivity index (χ1n) is 7.11. The van der Waals surface area contributed by atoms with Gasteiger partial charge in [-0.2, -0.15) is 0 Å². The Labute approximate surface area is 118 Å². The van der Waals surface area contributed by atoms with Crippen molar-refractivity contribution >= 4 is 22.7 Å². The molecule has 3 heteroatoms. The van der Waals surface area contributed by atoms with Gasteiger partial charge in [0.25, 0.3) is 0 Å². The molecular formula is C17H17N3. The number of aromatic nitrogens is 2. The highest BCUT2D eigenvalue weighted by atomic mass is 15.2. The third-order valence-electron chi connectivity index (χ3n) is 4.16. The highest BCUT2D eigenvalue weighted by molar-refractivity contribution is 5.78. The highest BCUT2D eigenvalue weighted by Gasteiger charge is 2.14. The van der Waals surface area contributed by atoms with Crippen molar-refractivity contribution in [3.8, 4) is 0 Å². The fourth-order valence-electron chi connectivity index (χ4n) is 2.99. The zero-order valence-corrected chi connectivity index (χ0v) is 11.6. The van der Waals surface area contributed by atoms with E-state index in [1.54, 1.807) is 0 Å². The lowest BCUT2D eigenvalue weighted by molar-refractivity contribution is 0.911. The van der Waals surface area contributed by atoms with Crippen molar-refractivity contribution in [1.29, 1.82) is 0 Å². The number of nitrogens with zero attached hydrogens (tertiary/aromatic N) is 2. The van der Waals surface area contributed by atoms with Crippen LogP contribution in [0.1, 0.15) is 17.5 Å². The molecule has 3 nitrogen and oxygen atoms in total. The third-order valence-corrected chi connectivity index (χ3v) is 4.16. The maximum absolute atomic E-state index is 4.65. The number of anilines is 2. The fourth-order valence-corrected chi connectivity index (χ4v) is 2.99. The van der Waals surface area contributed by atoms with Gasteiger partial charge in [0.05, 0.1) is 11.0 Å². The highest BCUT2D eigenvalue weighted by Crippen LogP contribution is 2.29. The summed E-state index contributed by atoms with van der Waals surface area (Å²) in [5.74, 6) is 0.893. The number of aryl methyl sites for hydroxylation is 2. The van der Waals surface area contributed by atoms with Gasteiger partial charge in [-0.3, -0.25) is 0 Å². The number of aromatic amines is 1. The molecule has 0 saturated carbocycles. The molecule has 0 amide bonds. The Morgan fingerprint density at radius 2 is 1.90 bits per heavy atom. The molecule has 0 aliphatic heterocycles. The lowest BCUT2D eigenvalue weighted by Crippen LogP contribution is -2.11. The number of H-pyrrole nitrogens is 1. The van der Waals surface area contributed by atoms with E-state index in [4.69, 9.17) is 0 Å². The first kappa shape index (κ1) is 11.5. The number of benzene rings is 2. The van der Waals surface area contributed by atoms with Gasteiger partial charge in [0.1, 0.15) is 0 Å². The van der Waals surface area contributed by atoms with E-state index in [9.17, 15) is 0 Å². The molecule has 20 heavy (non-hydrogen) atoms. The summed E-state index contributed by atoms with van der Waals surface area (Å²) >= 11 is 0. The molecule has 1 N–H and O–H groups in total. The average Bonchev–Trinajstić information content (AvgIpc) is 3.11. The predicted molar refractivity (Wildman–Crippen MR) is 82.6 cm³/mol. The Hall–Kier alpha value is -2.29. The Bertz CT molecular complexity index is 740. The van der Waals surface area contributed by atoms with Crippen molar-refractivity contribution in [2.45, 2.75) is 19.3 Å². The van der Waals surface area contributed by atoms with E-state index in [1.807, 2.05) is 18.2 Å². The molecule has 0 unspecified atom stereocenters. The maximum Gasteiger partial charge on any atom is 0.208 e. The Balaban J connectivity index is 1.74. The molecule has 1 aromatic heterocycles. The van der Waals surface area contributed by atoms with Crippen LogP contribution in [-0.2, 0) is 12.8 Å². The summed E-state index contributed by atoms with van der Waals surface area (Å²) in [6.07, 6.45) is 3.72. The molecule has 2 aromatic carbocycles. The van der Waals surface area contributed by atoms with Gasteiger partial charge in [0, 0.05) is 12.7 Å². The minimum Gasteiger partial charge on any atom is -0.324 e. The van der Waals surface area contributed by atoms with Gasteiger partial charge in [-0.15, -0.1) is 0 Å². The number of hydrogen-bond donors (Lipinski definition) is 1. The van der Waals surface area contributed by atoms with Crippen LogP contribution in [0.2, 0.25) is 0 Å². The van der Waals surface area contributed by atoms with Gasteiger partial charge in [-0.05, 0) is 54.7 Å². The second kappa shape index (κ2) is 4.37. The van der Waals surface area contributed by atoms with Gasteiger partial charge in [0.2, 0.25) is 5.95 Å². The van der Waals surface area contributed by atoms with Gasteiger partial charge in [-0.25, -0.2) is 4.98 Å². The van der Waals surface area contributed by atoms with E-state index in [0.29, 0.717) is 0 Å². The van der Waals surface area contributed by atoms with Crippen LogP contribution in [0.5, 0.6) is 0 Å². The lowest BCUT2D eigenvalue weighted by atomic mass is 10.1. The van der Waals surface area contributed by atoms with Crippen LogP contribution >= 0.6 is 0 Å². The van der Waals surface area contributed by atoms with E-state index >= 15 is 0 Å². The standard InChI is InChI=1S/C17H17N3/c1-20(14-10-9-12-5-4-6-13(12)11-14)17-18-15-7-2-3-8-16(15)19-17/h2-3,7-11H,4-6H2,1H3,(H,18,19). The smallest absolute Gasteiger partial charge is 0.208 e. The molecule has 0 bridgehead atoms. The number of nitrogens with one attached hydrogen (secondary N) is 1. The predicted octanol–water partition coefficient (Wildman–Crippen LogP) is 3.82. The van der Waals surface area contributed by atoms with Gasteiger partial charge in [-0.1, -0.05) is 18.2 Å². The summed E-state index contributed by atoms with van der Waals surface area (Å²) < 4.78 is 0.